The molecular formula is C40H44N6. The summed E-state index contributed by atoms with van der Waals surface area (Å²) in [5, 5.41) is 1.10. The highest BCUT2D eigenvalue weighted by Crippen LogP contribution is 2.42. The Hall–Kier alpha value is -4.81. The summed E-state index contributed by atoms with van der Waals surface area (Å²) in [4.78, 5) is 17.4. The minimum atomic E-state index is 0.380. The minimum absolute atomic E-state index is 0.380. The van der Waals surface area contributed by atoms with E-state index in [0.717, 1.165) is 83.5 Å². The Balaban J connectivity index is 0.00000182. The van der Waals surface area contributed by atoms with Gasteiger partial charge in [-0.3, -0.25) is 4.40 Å². The average molecular weight is 609 g/mol. The third kappa shape index (κ3) is 6.58. The molecule has 1 saturated carbocycles. The third-order valence-electron chi connectivity index (χ3n) is 8.84. The number of imidazole rings is 1. The molecule has 1 fully saturated rings. The fourth-order valence-corrected chi connectivity index (χ4v) is 6.50. The van der Waals surface area contributed by atoms with Crippen LogP contribution in [0.2, 0.25) is 0 Å². The van der Waals surface area contributed by atoms with Crippen molar-refractivity contribution >= 4 is 28.3 Å². The van der Waals surface area contributed by atoms with Crippen molar-refractivity contribution < 1.29 is 0 Å². The van der Waals surface area contributed by atoms with Crippen LogP contribution in [0.15, 0.2) is 109 Å². The first-order valence-corrected chi connectivity index (χ1v) is 16.7. The van der Waals surface area contributed by atoms with Crippen LogP contribution in [0.25, 0.3) is 45.0 Å². The Bertz CT molecular complexity index is 1910. The first-order valence-electron chi connectivity index (χ1n) is 16.7. The predicted molar refractivity (Wildman–Crippen MR) is 193 cm³/mol. The summed E-state index contributed by atoms with van der Waals surface area (Å²) in [7, 11) is 0. The van der Waals surface area contributed by atoms with Gasteiger partial charge in [0.05, 0.1) is 11.2 Å². The van der Waals surface area contributed by atoms with E-state index in [0.29, 0.717) is 17.8 Å². The van der Waals surface area contributed by atoms with Gasteiger partial charge in [-0.1, -0.05) is 112 Å². The van der Waals surface area contributed by atoms with Gasteiger partial charge in [0.25, 0.3) is 0 Å². The second-order valence-corrected chi connectivity index (χ2v) is 11.8. The molecule has 2 N–H and O–H groups in total. The van der Waals surface area contributed by atoms with Crippen LogP contribution in [0.5, 0.6) is 0 Å². The number of nitrogen functional groups attached to an aromatic ring is 1. The monoisotopic (exact) mass is 608 g/mol. The van der Waals surface area contributed by atoms with E-state index in [2.05, 4.69) is 106 Å². The van der Waals surface area contributed by atoms with Crippen molar-refractivity contribution in [3.8, 4) is 22.5 Å². The molecule has 0 bridgehead atoms. The van der Waals surface area contributed by atoms with Crippen LogP contribution < -0.4 is 5.73 Å². The van der Waals surface area contributed by atoms with Crippen molar-refractivity contribution in [2.75, 3.05) is 18.8 Å². The number of anilines is 1. The van der Waals surface area contributed by atoms with Crippen LogP contribution in [0.1, 0.15) is 63.8 Å². The lowest BCUT2D eigenvalue weighted by Crippen LogP contribution is -2.45. The largest absolute Gasteiger partial charge is 0.382 e. The quantitative estimate of drug-likeness (QED) is 0.168. The van der Waals surface area contributed by atoms with Crippen molar-refractivity contribution in [2.45, 2.75) is 58.4 Å². The van der Waals surface area contributed by atoms with E-state index >= 15 is 0 Å². The van der Waals surface area contributed by atoms with E-state index in [9.17, 15) is 0 Å². The lowest BCUT2D eigenvalue weighted by atomic mass is 9.78. The van der Waals surface area contributed by atoms with Crippen molar-refractivity contribution in [1.82, 2.24) is 24.3 Å². The number of rotatable bonds is 10. The summed E-state index contributed by atoms with van der Waals surface area (Å²) in [5.74, 6) is 1.96. The van der Waals surface area contributed by atoms with Crippen molar-refractivity contribution in [3.05, 3.63) is 121 Å². The van der Waals surface area contributed by atoms with Gasteiger partial charge in [0.15, 0.2) is 0 Å². The fraction of sp³-hybridized carbons (Fsp3) is 0.275. The maximum absolute atomic E-state index is 6.50. The van der Waals surface area contributed by atoms with Gasteiger partial charge in [0.2, 0.25) is 0 Å². The molecule has 46 heavy (non-hydrogen) atoms. The van der Waals surface area contributed by atoms with Gasteiger partial charge in [-0.15, -0.1) is 0 Å². The number of pyridine rings is 1. The Morgan fingerprint density at radius 3 is 2.37 bits per heavy atom. The first kappa shape index (κ1) is 31.2. The van der Waals surface area contributed by atoms with Crippen LogP contribution in [0.4, 0.5) is 5.82 Å². The van der Waals surface area contributed by atoms with Crippen LogP contribution >= 0.6 is 0 Å². The predicted octanol–water partition coefficient (Wildman–Crippen LogP) is 9.28. The van der Waals surface area contributed by atoms with Crippen LogP contribution in [-0.4, -0.2) is 43.4 Å². The average Bonchev–Trinajstić information content (AvgIpc) is 3.47. The zero-order chi connectivity index (χ0) is 31.9. The summed E-state index contributed by atoms with van der Waals surface area (Å²) in [5.41, 5.74) is 13.5. The number of benzene rings is 3. The zero-order valence-electron chi connectivity index (χ0n) is 27.2. The Morgan fingerprint density at radius 2 is 1.61 bits per heavy atom. The van der Waals surface area contributed by atoms with Crippen LogP contribution in [0.3, 0.4) is 0 Å². The van der Waals surface area contributed by atoms with Gasteiger partial charge in [-0.2, -0.15) is 0 Å². The lowest BCUT2D eigenvalue weighted by molar-refractivity contribution is 0.107. The molecule has 3 heterocycles. The molecule has 3 aromatic carbocycles. The van der Waals surface area contributed by atoms with E-state index in [1.54, 1.807) is 6.20 Å². The zero-order valence-corrected chi connectivity index (χ0v) is 27.2. The summed E-state index contributed by atoms with van der Waals surface area (Å²) >= 11 is 0. The number of nitrogens with two attached hydrogens (primary N) is 1. The fourth-order valence-electron chi connectivity index (χ4n) is 6.50. The Labute approximate surface area is 272 Å². The smallest absolute Gasteiger partial charge is 0.150 e. The molecule has 1 aliphatic carbocycles. The van der Waals surface area contributed by atoms with E-state index in [1.165, 1.54) is 5.56 Å². The molecule has 6 heteroatoms. The molecule has 0 saturated heterocycles. The molecule has 234 valence electrons. The molecule has 1 aliphatic rings. The maximum Gasteiger partial charge on any atom is 0.150 e. The summed E-state index contributed by atoms with van der Waals surface area (Å²) in [6.07, 6.45) is 12.7. The van der Waals surface area contributed by atoms with Gasteiger partial charge in [0.1, 0.15) is 22.9 Å². The highest BCUT2D eigenvalue weighted by molar-refractivity contribution is 5.91. The molecule has 6 nitrogen and oxygen atoms in total. The second-order valence-electron chi connectivity index (χ2n) is 11.8. The van der Waals surface area contributed by atoms with E-state index in [-0.39, 0.29) is 0 Å². The summed E-state index contributed by atoms with van der Waals surface area (Å²) in [6, 6.07) is 32.0. The second kappa shape index (κ2) is 14.5. The number of hydrogen-bond acceptors (Lipinski definition) is 5. The van der Waals surface area contributed by atoms with Gasteiger partial charge in [-0.05, 0) is 49.9 Å². The van der Waals surface area contributed by atoms with Gasteiger partial charge < -0.3 is 10.6 Å². The standard InChI is InChI=1S/C38H38N6.C2H6/c1-2-21-43(22-10-9-13-27-11-5-3-6-12-27)32-24-31(25-32)38-42-35(36-37(39)40-20-23-44(36)38)30-17-16-29-18-19-33(41-34(29)26-30)28-14-7-4-8-15-28;1-2/h3-9,11-20,23,26,31-32H,2,10,21-22,24-25H2,1H3,(H2,39,40);1-2H3/b13-9+;. The Kier molecular flexibility index (Phi) is 9.85. The SMILES string of the molecule is CC.CCCN(CC/C=C/c1ccccc1)C1CC(c2nc(-c3ccc4ccc(-c5ccccc5)nc4c3)c3c(N)nccn23)C1. The van der Waals surface area contributed by atoms with Crippen LogP contribution in [-0.2, 0) is 0 Å². The summed E-state index contributed by atoms with van der Waals surface area (Å²) in [6.45, 7) is 8.47. The maximum atomic E-state index is 6.50. The number of hydrogen-bond donors (Lipinski definition) is 1. The van der Waals surface area contributed by atoms with Crippen LogP contribution in [0, 0.1) is 0 Å². The highest BCUT2D eigenvalue weighted by Gasteiger charge is 2.37. The molecule has 0 atom stereocenters. The highest BCUT2D eigenvalue weighted by atomic mass is 15.2. The molecule has 6 aromatic rings. The summed E-state index contributed by atoms with van der Waals surface area (Å²) < 4.78 is 2.17. The molecule has 0 amide bonds. The molecule has 7 rings (SSSR count). The molecule has 0 radical (unpaired) electrons. The van der Waals surface area contributed by atoms with E-state index in [4.69, 9.17) is 15.7 Å². The van der Waals surface area contributed by atoms with Crippen molar-refractivity contribution in [3.63, 3.8) is 0 Å². The van der Waals surface area contributed by atoms with E-state index < -0.39 is 0 Å². The number of nitrogens with zero attached hydrogens (tertiary/aromatic N) is 5. The molecule has 0 unspecified atom stereocenters. The van der Waals surface area contributed by atoms with Crippen molar-refractivity contribution in [1.29, 1.82) is 0 Å². The number of aromatic nitrogens is 4. The molecule has 0 spiro atoms. The normalized spacial score (nSPS) is 16.1. The number of fused-ring (bicyclic) bond motifs is 2. The molecule has 0 aliphatic heterocycles. The molecule has 3 aromatic heterocycles. The van der Waals surface area contributed by atoms with Crippen molar-refractivity contribution in [2.24, 2.45) is 0 Å². The minimum Gasteiger partial charge on any atom is -0.382 e. The van der Waals surface area contributed by atoms with E-state index in [1.807, 2.05) is 38.2 Å². The third-order valence-corrected chi connectivity index (χ3v) is 8.84. The Morgan fingerprint density at radius 1 is 0.870 bits per heavy atom. The van der Waals surface area contributed by atoms with Gasteiger partial charge in [-0.25, -0.2) is 15.0 Å². The first-order chi connectivity index (χ1) is 22.7. The van der Waals surface area contributed by atoms with Gasteiger partial charge >= 0.3 is 0 Å². The lowest BCUT2D eigenvalue weighted by Gasteiger charge is -2.42. The van der Waals surface area contributed by atoms with Gasteiger partial charge in [0, 0.05) is 47.4 Å². The topological polar surface area (TPSA) is 72.3 Å². The molecular weight excluding hydrogens is 564 g/mol.